The summed E-state index contributed by atoms with van der Waals surface area (Å²) in [7, 11) is -3.49. The molecule has 0 aromatic carbocycles. The molecule has 6 unspecified atom stereocenters. The van der Waals surface area contributed by atoms with E-state index in [0.717, 1.165) is 44.6 Å². The third kappa shape index (κ3) is 5.71. The maximum atomic E-state index is 11.8. The lowest BCUT2D eigenvalue weighted by atomic mass is 9.78. The fourth-order valence-corrected chi connectivity index (χ4v) is 7.88. The lowest BCUT2D eigenvalue weighted by Gasteiger charge is -2.43. The quantitative estimate of drug-likeness (QED) is 0.180. The first-order valence-corrected chi connectivity index (χ1v) is 14.5. The average Bonchev–Trinajstić information content (AvgIpc) is 3.43. The smallest absolute Gasteiger partial charge is 0.212 e. The lowest BCUT2D eigenvalue weighted by molar-refractivity contribution is -0.719. The Kier molecular flexibility index (Phi) is 7.58. The number of hydrogen-bond acceptors (Lipinski definition) is 8. The van der Waals surface area contributed by atoms with Crippen LogP contribution < -0.4 is 42.8 Å². The minimum Gasteiger partial charge on any atom is -0.361 e. The van der Waals surface area contributed by atoms with Gasteiger partial charge in [0.15, 0.2) is 0 Å². The summed E-state index contributed by atoms with van der Waals surface area (Å²) in [6.45, 7) is 2.55. The second-order valence-electron chi connectivity index (χ2n) is 10.9. The molecular weight excluding hydrogens is 444 g/mol. The predicted octanol–water partition coefficient (Wildman–Crippen LogP) is -3.80. The fraction of sp³-hybridized carbons (Fsp3) is 1.00. The van der Waals surface area contributed by atoms with Crippen LogP contribution in [-0.2, 0) is 14.8 Å². The second kappa shape index (κ2) is 10.3. The third-order valence-corrected chi connectivity index (χ3v) is 10.0. The highest BCUT2D eigenvalue weighted by Gasteiger charge is 2.44. The van der Waals surface area contributed by atoms with Crippen molar-refractivity contribution in [2.24, 2.45) is 17.0 Å². The molecule has 5 rings (SSSR count). The van der Waals surface area contributed by atoms with Crippen molar-refractivity contribution in [3.63, 3.8) is 0 Å². The average molecular weight is 489 g/mol. The van der Waals surface area contributed by atoms with Crippen LogP contribution in [0.2, 0.25) is 0 Å². The Morgan fingerprint density at radius 2 is 1.97 bits per heavy atom. The van der Waals surface area contributed by atoms with Crippen molar-refractivity contribution in [3.05, 3.63) is 0 Å². The molecule has 0 spiro atoms. The molecule has 3 saturated heterocycles. The van der Waals surface area contributed by atoms with Gasteiger partial charge in [-0.05, 0) is 44.4 Å². The van der Waals surface area contributed by atoms with Crippen LogP contribution in [0, 0.1) is 11.8 Å². The van der Waals surface area contributed by atoms with E-state index in [2.05, 4.69) is 37.6 Å². The molecule has 10 atom stereocenters. The number of rotatable bonds is 7. The standard InChI is InChI=1S/C21H42N8O3S/c22-9-15-7-13-6-12(4-5-17(13)26-15)10-32-20-18-19(25-11-24-18)28-21(29-20)27-14-2-1-3-16(8-14)33(23,30)31/h12-21,24-29H,1-11,22H2,(H2,23,30,31)/p+2/t12-,13+,14?,15-,16?,17-,18?,19?,20?,21?/m0/s1. The van der Waals surface area contributed by atoms with Gasteiger partial charge in [-0.15, -0.1) is 0 Å². The van der Waals surface area contributed by atoms with E-state index in [0.29, 0.717) is 24.8 Å². The Morgan fingerprint density at radius 3 is 2.79 bits per heavy atom. The first-order chi connectivity index (χ1) is 15.9. The molecule has 3 aliphatic heterocycles. The maximum Gasteiger partial charge on any atom is 0.212 e. The molecule has 2 aliphatic carbocycles. The van der Waals surface area contributed by atoms with Gasteiger partial charge in [-0.2, -0.15) is 0 Å². The van der Waals surface area contributed by atoms with E-state index in [1.54, 1.807) is 0 Å². The zero-order chi connectivity index (χ0) is 23.0. The van der Waals surface area contributed by atoms with Crippen LogP contribution in [-0.4, -0.2) is 76.3 Å². The lowest BCUT2D eigenvalue weighted by Crippen LogP contribution is -2.95. The molecule has 0 aromatic heterocycles. The van der Waals surface area contributed by atoms with Gasteiger partial charge in [0, 0.05) is 25.0 Å². The molecule has 0 aromatic rings. The molecule has 33 heavy (non-hydrogen) atoms. The Balaban J connectivity index is 1.14. The Hall–Kier alpha value is -0.410. The molecule has 12 heteroatoms. The number of fused-ring (bicyclic) bond motifs is 2. The van der Waals surface area contributed by atoms with E-state index in [4.69, 9.17) is 9.88 Å². The molecule has 11 nitrogen and oxygen atoms in total. The highest BCUT2D eigenvalue weighted by atomic mass is 32.2. The van der Waals surface area contributed by atoms with E-state index < -0.39 is 15.3 Å². The van der Waals surface area contributed by atoms with Crippen LogP contribution >= 0.6 is 0 Å². The van der Waals surface area contributed by atoms with Gasteiger partial charge >= 0.3 is 0 Å². The van der Waals surface area contributed by atoms with Crippen molar-refractivity contribution in [3.8, 4) is 0 Å². The molecular formula is C21H44N8O3S+2. The number of ether oxygens (including phenoxy) is 1. The minimum atomic E-state index is -3.49. The number of sulfonamides is 1. The van der Waals surface area contributed by atoms with Gasteiger partial charge in [0.1, 0.15) is 25.1 Å². The summed E-state index contributed by atoms with van der Waals surface area (Å²) in [6, 6.07) is 1.76. The Bertz CT molecular complexity index is 773. The molecule has 3 heterocycles. The van der Waals surface area contributed by atoms with Gasteiger partial charge in [0.05, 0.1) is 30.1 Å². The fourth-order valence-electron chi connectivity index (χ4n) is 6.88. The van der Waals surface area contributed by atoms with E-state index in [1.165, 1.54) is 25.7 Å². The molecule has 0 amide bonds. The van der Waals surface area contributed by atoms with Gasteiger partial charge in [-0.25, -0.2) is 13.6 Å². The van der Waals surface area contributed by atoms with Crippen molar-refractivity contribution in [1.82, 2.24) is 26.6 Å². The van der Waals surface area contributed by atoms with Crippen LogP contribution in [0.25, 0.3) is 0 Å². The van der Waals surface area contributed by atoms with E-state index in [1.807, 2.05) is 0 Å². The van der Waals surface area contributed by atoms with Crippen LogP contribution in [0.4, 0.5) is 0 Å². The van der Waals surface area contributed by atoms with E-state index >= 15 is 0 Å². The van der Waals surface area contributed by atoms with Crippen LogP contribution in [0.3, 0.4) is 0 Å². The topological polar surface area (TPSA) is 174 Å². The number of hydrogen-bond donors (Lipinski definition) is 8. The Labute approximate surface area is 197 Å². The van der Waals surface area contributed by atoms with Gasteiger partial charge in [0.2, 0.25) is 10.0 Å². The summed E-state index contributed by atoms with van der Waals surface area (Å²) in [5.74, 6) is 1.43. The second-order valence-corrected chi connectivity index (χ2v) is 12.8. The summed E-state index contributed by atoms with van der Waals surface area (Å²) in [5.41, 5.74) is 4.11. The number of quaternary nitrogens is 2. The first-order valence-electron chi connectivity index (χ1n) is 12.9. The van der Waals surface area contributed by atoms with Crippen molar-refractivity contribution in [2.75, 3.05) is 19.8 Å². The predicted molar refractivity (Wildman–Crippen MR) is 124 cm³/mol. The van der Waals surface area contributed by atoms with Gasteiger partial charge < -0.3 is 15.8 Å². The van der Waals surface area contributed by atoms with E-state index in [9.17, 15) is 8.42 Å². The third-order valence-electron chi connectivity index (χ3n) is 8.67. The normalized spacial score (nSPS) is 46.1. The van der Waals surface area contributed by atoms with Crippen LogP contribution in [0.5, 0.6) is 0 Å². The number of nitrogens with two attached hydrogens (primary N) is 2. The molecule has 12 N–H and O–H groups in total. The van der Waals surface area contributed by atoms with Gasteiger partial charge in [-0.1, -0.05) is 6.42 Å². The van der Waals surface area contributed by atoms with Crippen molar-refractivity contribution in [2.45, 2.75) is 99.5 Å². The molecule has 2 saturated carbocycles. The van der Waals surface area contributed by atoms with Gasteiger partial charge in [0.25, 0.3) is 0 Å². The monoisotopic (exact) mass is 488 g/mol. The summed E-state index contributed by atoms with van der Waals surface area (Å²) in [5, 5.41) is 25.2. The molecule has 5 fully saturated rings. The summed E-state index contributed by atoms with van der Waals surface area (Å²) in [6.07, 6.45) is 7.97. The van der Waals surface area contributed by atoms with Gasteiger partial charge in [-0.3, -0.25) is 26.6 Å². The number of primary sulfonamides is 1. The molecule has 190 valence electrons. The highest BCUT2D eigenvalue weighted by molar-refractivity contribution is 7.89. The highest BCUT2D eigenvalue weighted by Crippen LogP contribution is 2.33. The molecule has 5 aliphatic rings. The SMILES string of the molecule is NS(=O)(=O)C1CCCC(NC2NC3NCNC3C(OC[C@H]3CC[C@@H]4[NH2+][C@H](C[NH3+])C[C@H]4C3)N2)C1. The van der Waals surface area contributed by atoms with Crippen LogP contribution in [0.15, 0.2) is 0 Å². The summed E-state index contributed by atoms with van der Waals surface area (Å²) >= 11 is 0. The summed E-state index contributed by atoms with van der Waals surface area (Å²) in [4.78, 5) is 0. The summed E-state index contributed by atoms with van der Waals surface area (Å²) < 4.78 is 30.2. The zero-order valence-corrected chi connectivity index (χ0v) is 20.4. The van der Waals surface area contributed by atoms with E-state index in [-0.39, 0.29) is 30.8 Å². The molecule has 0 bridgehead atoms. The minimum absolute atomic E-state index is 0.101. The zero-order valence-electron chi connectivity index (χ0n) is 19.5. The number of nitrogens with one attached hydrogen (secondary N) is 5. The van der Waals surface area contributed by atoms with Crippen LogP contribution in [0.1, 0.15) is 51.4 Å². The Morgan fingerprint density at radius 1 is 1.09 bits per heavy atom. The first kappa shape index (κ1) is 24.3. The molecule has 0 radical (unpaired) electrons. The van der Waals surface area contributed by atoms with Crippen molar-refractivity contribution in [1.29, 1.82) is 0 Å². The maximum absolute atomic E-state index is 11.8. The van der Waals surface area contributed by atoms with Crippen molar-refractivity contribution < 1.29 is 24.2 Å². The largest absolute Gasteiger partial charge is 0.361 e. The van der Waals surface area contributed by atoms with Crippen molar-refractivity contribution >= 4 is 10.0 Å².